The maximum absolute atomic E-state index is 13.8. The summed E-state index contributed by atoms with van der Waals surface area (Å²) in [6.45, 7) is -3.61. The maximum atomic E-state index is 13.8. The Balaban J connectivity index is 0.000000208. The lowest BCUT2D eigenvalue weighted by Crippen LogP contribution is -2.39. The Kier molecular flexibility index (Phi) is 24.1. The zero-order valence-corrected chi connectivity index (χ0v) is 56.6. The van der Waals surface area contributed by atoms with Gasteiger partial charge in [0.1, 0.15) is 0 Å². The third-order valence-electron chi connectivity index (χ3n) is 22.2. The number of carbonyl (C=O) groups excluding carboxylic acids is 12. The SMILES string of the molecule is O=C(COC(=O)C1CC2OC2CC1C(=O)OCC(=O)OCC1CCC2OC2C1)OCC1CCC2OC2C1.O=C(COC(=O)CC(C(=O)OCC(=O)OCC1CCC2OC2C1)C(CC(=O)OCC(=O)OCC1CCC2OC2C1)C(=O)OCC(=O)OCC1CCC2OC2C1)OCC1CCC2OC2C1. The van der Waals surface area contributed by atoms with E-state index in [-0.39, 0.29) is 136 Å². The number of hydrogen-bond acceptors (Lipinski definition) is 31. The highest BCUT2D eigenvalue weighted by molar-refractivity contribution is 5.91. The molecule has 0 aromatic carbocycles. The van der Waals surface area contributed by atoms with Crippen molar-refractivity contribution in [2.75, 3.05) is 79.3 Å². The van der Waals surface area contributed by atoms with Gasteiger partial charge in [0, 0.05) is 0 Å². The number of ether oxygens (including phenoxy) is 19. The lowest BCUT2D eigenvalue weighted by Gasteiger charge is -2.26. The van der Waals surface area contributed by atoms with Crippen LogP contribution in [0.4, 0.5) is 0 Å². The van der Waals surface area contributed by atoms with Gasteiger partial charge in [-0.05, 0) is 164 Å². The molecule has 14 aliphatic rings. The number of rotatable bonds is 33. The summed E-state index contributed by atoms with van der Waals surface area (Å²) in [7, 11) is 0. The van der Waals surface area contributed by atoms with Crippen molar-refractivity contribution in [3.63, 3.8) is 0 Å². The average molecular weight is 1430 g/mol. The molecule has 0 aromatic rings. The van der Waals surface area contributed by atoms with Crippen LogP contribution in [0.15, 0.2) is 0 Å². The van der Waals surface area contributed by atoms with Gasteiger partial charge < -0.3 is 90.0 Å². The first-order valence-corrected chi connectivity index (χ1v) is 36.3. The number of hydrogen-bond donors (Lipinski definition) is 0. The van der Waals surface area contributed by atoms with Crippen molar-refractivity contribution in [1.82, 2.24) is 0 Å². The van der Waals surface area contributed by atoms with E-state index in [4.69, 9.17) is 90.0 Å². The predicted molar refractivity (Wildman–Crippen MR) is 329 cm³/mol. The van der Waals surface area contributed by atoms with E-state index >= 15 is 0 Å². The molecule has 24 atom stereocenters. The van der Waals surface area contributed by atoms with Crippen LogP contribution in [-0.2, 0) is 148 Å². The third-order valence-corrected chi connectivity index (χ3v) is 22.2. The first kappa shape index (κ1) is 72.7. The molecule has 7 aliphatic carbocycles. The summed E-state index contributed by atoms with van der Waals surface area (Å²) in [6.07, 6.45) is 16.7. The van der Waals surface area contributed by atoms with E-state index in [2.05, 4.69) is 0 Å². The van der Waals surface area contributed by atoms with Gasteiger partial charge in [0.2, 0.25) is 0 Å². The Morgan fingerprint density at radius 3 is 0.673 bits per heavy atom. The molecule has 7 aliphatic heterocycles. The molecule has 0 aromatic heterocycles. The topological polar surface area (TPSA) is 403 Å². The zero-order valence-electron chi connectivity index (χ0n) is 56.6. The van der Waals surface area contributed by atoms with Gasteiger partial charge in [-0.15, -0.1) is 0 Å². The Labute approximate surface area is 582 Å². The van der Waals surface area contributed by atoms with Crippen LogP contribution in [0.3, 0.4) is 0 Å². The van der Waals surface area contributed by atoms with Crippen LogP contribution in [-0.4, -0.2) is 236 Å². The quantitative estimate of drug-likeness (QED) is 0.0518. The largest absolute Gasteiger partial charge is 0.463 e. The molecule has 0 spiro atoms. The van der Waals surface area contributed by atoms with Crippen LogP contribution in [0.1, 0.15) is 141 Å². The Bertz CT molecular complexity index is 2850. The second-order valence-electron chi connectivity index (χ2n) is 29.7. The Morgan fingerprint density at radius 1 is 0.228 bits per heavy atom. The van der Waals surface area contributed by atoms with Gasteiger partial charge in [-0.1, -0.05) is 0 Å². The second kappa shape index (κ2) is 33.4. The number of esters is 12. The average Bonchev–Trinajstić information content (AvgIpc) is 1.57. The summed E-state index contributed by atoms with van der Waals surface area (Å²) in [4.78, 5) is 154. The van der Waals surface area contributed by atoms with E-state index < -0.39 is 148 Å². The molecule has 0 N–H and O–H groups in total. The summed E-state index contributed by atoms with van der Waals surface area (Å²) in [6, 6.07) is 0. The summed E-state index contributed by atoms with van der Waals surface area (Å²) >= 11 is 0. The van der Waals surface area contributed by atoms with Crippen molar-refractivity contribution >= 4 is 71.6 Å². The van der Waals surface area contributed by atoms with Crippen LogP contribution in [0.5, 0.6) is 0 Å². The van der Waals surface area contributed by atoms with Crippen molar-refractivity contribution < 1.29 is 148 Å². The summed E-state index contributed by atoms with van der Waals surface area (Å²) in [5, 5.41) is 0. The van der Waals surface area contributed by atoms with Gasteiger partial charge in [-0.2, -0.15) is 0 Å². The lowest BCUT2D eigenvalue weighted by molar-refractivity contribution is -0.174. The minimum absolute atomic E-state index is 0.0589. The highest BCUT2D eigenvalue weighted by Crippen LogP contribution is 2.46. The van der Waals surface area contributed by atoms with Crippen molar-refractivity contribution in [1.29, 1.82) is 0 Å². The molecule has 558 valence electrons. The lowest BCUT2D eigenvalue weighted by atomic mass is 9.79. The first-order valence-electron chi connectivity index (χ1n) is 36.3. The molecule has 7 saturated heterocycles. The van der Waals surface area contributed by atoms with E-state index in [0.717, 1.165) is 116 Å². The van der Waals surface area contributed by atoms with Crippen LogP contribution in [0.2, 0.25) is 0 Å². The molecular weight excluding hydrogens is 1340 g/mol. The molecule has 101 heavy (non-hydrogen) atoms. The van der Waals surface area contributed by atoms with Gasteiger partial charge in [-0.25, -0.2) is 28.8 Å². The monoisotopic (exact) mass is 1430 g/mol. The first-order chi connectivity index (χ1) is 48.8. The fourth-order valence-electron chi connectivity index (χ4n) is 15.8. The van der Waals surface area contributed by atoms with E-state index in [1.807, 2.05) is 0 Å². The summed E-state index contributed by atoms with van der Waals surface area (Å²) < 4.78 is 102. The number of carbonyl (C=O) groups is 12. The summed E-state index contributed by atoms with van der Waals surface area (Å²) in [5.74, 6) is -15.6. The molecule has 31 heteroatoms. The van der Waals surface area contributed by atoms with Gasteiger partial charge in [0.15, 0.2) is 39.6 Å². The fourth-order valence-corrected chi connectivity index (χ4v) is 15.8. The van der Waals surface area contributed by atoms with Gasteiger partial charge >= 0.3 is 71.6 Å². The van der Waals surface area contributed by atoms with Crippen molar-refractivity contribution in [2.24, 2.45) is 59.2 Å². The van der Waals surface area contributed by atoms with Crippen LogP contribution < -0.4 is 0 Å². The molecular formula is C70H92O31. The van der Waals surface area contributed by atoms with Crippen LogP contribution >= 0.6 is 0 Å². The Hall–Kier alpha value is -6.64. The molecule has 14 rings (SSSR count). The molecule has 7 saturated carbocycles. The van der Waals surface area contributed by atoms with Crippen molar-refractivity contribution in [3.8, 4) is 0 Å². The molecule has 0 bridgehead atoms. The van der Waals surface area contributed by atoms with E-state index in [1.54, 1.807) is 0 Å². The van der Waals surface area contributed by atoms with Crippen molar-refractivity contribution in [2.45, 2.75) is 227 Å². The van der Waals surface area contributed by atoms with Crippen LogP contribution in [0, 0.1) is 59.2 Å². The van der Waals surface area contributed by atoms with E-state index in [9.17, 15) is 57.5 Å². The number of epoxide rings is 7. The van der Waals surface area contributed by atoms with Gasteiger partial charge in [0.05, 0.1) is 162 Å². The van der Waals surface area contributed by atoms with E-state index in [0.29, 0.717) is 37.3 Å². The molecule has 14 fully saturated rings. The highest BCUT2D eigenvalue weighted by atomic mass is 16.6. The standard InChI is InChI=1S/C44H58O20.C26H34O11/c45-37(57-19-39(47)53-15-23-1-5-29-33(9-23)61-29)13-27(43(51)59-21-41(49)55-17-25-3-7-31-35(11-25)63-31)28(44(52)60-22-42(50)56-18-26-4-8-32-36(12-26)64-32)14-38(46)58-20-40(48)54-16-24-2-6-30-34(10-24)62-30;27-23(31-9-13-1-3-17-19(5-13)35-17)11-33-25(29)15-7-21-22(37-21)8-16(15)26(30)34-12-24(28)32-10-14-2-4-18-20(6-14)36-18/h23-36H,1-22H2;13-22H,1-12H2. The normalized spacial score (nSPS) is 36.0. The predicted octanol–water partition coefficient (Wildman–Crippen LogP) is 2.70. The van der Waals surface area contributed by atoms with Gasteiger partial charge in [-0.3, -0.25) is 28.8 Å². The van der Waals surface area contributed by atoms with E-state index in [1.165, 1.54) is 0 Å². The van der Waals surface area contributed by atoms with Crippen molar-refractivity contribution in [3.05, 3.63) is 0 Å². The smallest absolute Gasteiger partial charge is 0.344 e. The fraction of sp³-hybridized carbons (Fsp3) is 0.829. The molecule has 31 nitrogen and oxygen atoms in total. The maximum Gasteiger partial charge on any atom is 0.344 e. The molecule has 0 radical (unpaired) electrons. The minimum atomic E-state index is -1.89. The third kappa shape index (κ3) is 21.7. The zero-order chi connectivity index (χ0) is 70.3. The molecule has 24 unspecified atom stereocenters. The Morgan fingerprint density at radius 2 is 0.436 bits per heavy atom. The summed E-state index contributed by atoms with van der Waals surface area (Å²) in [5.41, 5.74) is 0. The highest BCUT2D eigenvalue weighted by Gasteiger charge is 2.55. The minimum Gasteiger partial charge on any atom is -0.463 e. The van der Waals surface area contributed by atoms with Crippen LogP contribution in [0.25, 0.3) is 0 Å². The number of fused-ring (bicyclic) bond motifs is 7. The van der Waals surface area contributed by atoms with Gasteiger partial charge in [0.25, 0.3) is 0 Å². The molecule has 0 amide bonds. The molecule has 7 heterocycles. The second-order valence-corrected chi connectivity index (χ2v) is 29.7.